The highest BCUT2D eigenvalue weighted by molar-refractivity contribution is 5.88. The van der Waals surface area contributed by atoms with Gasteiger partial charge in [0, 0.05) is 6.04 Å². The number of rotatable bonds is 6. The van der Waals surface area contributed by atoms with Crippen LogP contribution < -0.4 is 5.32 Å². The maximum atomic E-state index is 12.0. The summed E-state index contributed by atoms with van der Waals surface area (Å²) in [5.41, 5.74) is 0.118. The number of Topliss-reactive ketones (excluding diaryl/α,β-unsaturated/α-hetero) is 1. The third-order valence-electron chi connectivity index (χ3n) is 3.73. The number of carbonyl (C=O) groups excluding carboxylic acids is 2. The zero-order valence-corrected chi connectivity index (χ0v) is 13.7. The Morgan fingerprint density at radius 1 is 1.16 bits per heavy atom. The van der Waals surface area contributed by atoms with Crippen LogP contribution in [0.3, 0.4) is 0 Å². The first-order valence-electron chi connectivity index (χ1n) is 6.96. The topological polar surface area (TPSA) is 49.4 Å². The molecule has 0 radical (unpaired) electrons. The molecule has 0 bridgehead atoms. The van der Waals surface area contributed by atoms with Crippen molar-refractivity contribution in [2.45, 2.75) is 60.5 Å². The highest BCUT2D eigenvalue weighted by Gasteiger charge is 2.26. The van der Waals surface area contributed by atoms with E-state index in [1.807, 2.05) is 25.8 Å². The largest absolute Gasteiger partial charge is 0.345 e. The van der Waals surface area contributed by atoms with Crippen LogP contribution in [-0.4, -0.2) is 42.3 Å². The van der Waals surface area contributed by atoms with Crippen LogP contribution in [0.2, 0.25) is 0 Å². The van der Waals surface area contributed by atoms with E-state index in [0.717, 1.165) is 0 Å². The summed E-state index contributed by atoms with van der Waals surface area (Å²) in [6.45, 7) is 14.3. The smallest absolute Gasteiger partial charge is 0.234 e. The summed E-state index contributed by atoms with van der Waals surface area (Å²) in [6, 6.07) is -0.0982. The number of nitrogens with one attached hydrogen (secondary N) is 1. The van der Waals surface area contributed by atoms with E-state index in [9.17, 15) is 9.59 Å². The molecule has 2 atom stereocenters. The molecule has 1 amide bonds. The van der Waals surface area contributed by atoms with Gasteiger partial charge in [-0.2, -0.15) is 0 Å². The van der Waals surface area contributed by atoms with E-state index in [2.05, 4.69) is 33.0 Å². The molecule has 0 aromatic heterocycles. The fraction of sp³-hybridized carbons (Fsp3) is 0.867. The molecule has 4 nitrogen and oxygen atoms in total. The molecule has 0 rings (SSSR count). The van der Waals surface area contributed by atoms with Gasteiger partial charge >= 0.3 is 0 Å². The van der Waals surface area contributed by atoms with E-state index in [0.29, 0.717) is 6.54 Å². The molecule has 0 aromatic rings. The molecular weight excluding hydrogens is 240 g/mol. The molecule has 0 spiro atoms. The molecule has 0 aliphatic carbocycles. The second kappa shape index (κ2) is 7.04. The average molecular weight is 270 g/mol. The molecule has 1 N–H and O–H groups in total. The monoisotopic (exact) mass is 270 g/mol. The Hall–Kier alpha value is -0.900. The van der Waals surface area contributed by atoms with Crippen molar-refractivity contribution < 1.29 is 9.59 Å². The first kappa shape index (κ1) is 18.1. The SMILES string of the molecule is CC(=O)C(NC(=O)CN(C)C(C)C(C)(C)C)C(C)C. The first-order valence-corrected chi connectivity index (χ1v) is 6.96. The van der Waals surface area contributed by atoms with E-state index in [1.165, 1.54) is 6.92 Å². The van der Waals surface area contributed by atoms with Crippen molar-refractivity contribution in [1.29, 1.82) is 0 Å². The molecule has 0 aliphatic rings. The summed E-state index contributed by atoms with van der Waals surface area (Å²) in [7, 11) is 1.94. The van der Waals surface area contributed by atoms with Crippen molar-refractivity contribution >= 4 is 11.7 Å². The fourth-order valence-electron chi connectivity index (χ4n) is 1.98. The van der Waals surface area contributed by atoms with E-state index in [4.69, 9.17) is 0 Å². The van der Waals surface area contributed by atoms with Gasteiger partial charge in [-0.1, -0.05) is 34.6 Å². The standard InChI is InChI=1S/C15H30N2O2/c1-10(2)14(11(3)18)16-13(19)9-17(8)12(4)15(5,6)7/h10,12,14H,9H2,1-8H3,(H,16,19). The van der Waals surface area contributed by atoms with Gasteiger partial charge in [-0.15, -0.1) is 0 Å². The van der Waals surface area contributed by atoms with Gasteiger partial charge in [0.1, 0.15) is 0 Å². The number of hydrogen-bond acceptors (Lipinski definition) is 3. The van der Waals surface area contributed by atoms with Crippen molar-refractivity contribution in [3.8, 4) is 0 Å². The molecule has 4 heteroatoms. The zero-order chi connectivity index (χ0) is 15.4. The molecule has 19 heavy (non-hydrogen) atoms. The lowest BCUT2D eigenvalue weighted by Gasteiger charge is -2.35. The Kier molecular flexibility index (Phi) is 6.70. The molecule has 0 fully saturated rings. The van der Waals surface area contributed by atoms with Crippen LogP contribution in [0.5, 0.6) is 0 Å². The van der Waals surface area contributed by atoms with Gasteiger partial charge < -0.3 is 5.32 Å². The van der Waals surface area contributed by atoms with Crippen LogP contribution in [0.25, 0.3) is 0 Å². The van der Waals surface area contributed by atoms with Crippen molar-refractivity contribution in [3.63, 3.8) is 0 Å². The Labute approximate surface area is 117 Å². The Morgan fingerprint density at radius 2 is 1.63 bits per heavy atom. The minimum atomic E-state index is -0.383. The van der Waals surface area contributed by atoms with Gasteiger partial charge in [0.2, 0.25) is 5.91 Å². The molecule has 0 saturated carbocycles. The fourth-order valence-corrected chi connectivity index (χ4v) is 1.98. The Balaban J connectivity index is 4.50. The summed E-state index contributed by atoms with van der Waals surface area (Å²) in [5, 5.41) is 2.82. The first-order chi connectivity index (χ1) is 8.46. The zero-order valence-electron chi connectivity index (χ0n) is 13.7. The van der Waals surface area contributed by atoms with Gasteiger partial charge in [0.05, 0.1) is 12.6 Å². The van der Waals surface area contributed by atoms with Crippen LogP contribution in [0.4, 0.5) is 0 Å². The summed E-state index contributed by atoms with van der Waals surface area (Å²) < 4.78 is 0. The van der Waals surface area contributed by atoms with Crippen LogP contribution in [0.15, 0.2) is 0 Å². The van der Waals surface area contributed by atoms with Crippen LogP contribution in [0, 0.1) is 11.3 Å². The normalized spacial score (nSPS) is 15.5. The maximum Gasteiger partial charge on any atom is 0.234 e. The minimum absolute atomic E-state index is 0.00914. The van der Waals surface area contributed by atoms with Crippen molar-refractivity contribution in [2.75, 3.05) is 13.6 Å². The van der Waals surface area contributed by atoms with E-state index in [1.54, 1.807) is 0 Å². The quantitative estimate of drug-likeness (QED) is 0.804. The number of likely N-dealkylation sites (N-methyl/N-ethyl adjacent to an activating group) is 1. The maximum absolute atomic E-state index is 12.0. The number of amides is 1. The third-order valence-corrected chi connectivity index (χ3v) is 3.73. The van der Waals surface area contributed by atoms with Gasteiger partial charge in [0.25, 0.3) is 0 Å². The third kappa shape index (κ3) is 6.19. The van der Waals surface area contributed by atoms with Gasteiger partial charge in [-0.25, -0.2) is 0 Å². The van der Waals surface area contributed by atoms with E-state index < -0.39 is 0 Å². The van der Waals surface area contributed by atoms with Crippen molar-refractivity contribution in [3.05, 3.63) is 0 Å². The van der Waals surface area contributed by atoms with Crippen LogP contribution in [-0.2, 0) is 9.59 Å². The van der Waals surface area contributed by atoms with E-state index in [-0.39, 0.29) is 35.1 Å². The molecule has 2 unspecified atom stereocenters. The number of hydrogen-bond donors (Lipinski definition) is 1. The predicted octanol–water partition coefficient (Wildman–Crippen LogP) is 2.08. The molecule has 0 heterocycles. The highest BCUT2D eigenvalue weighted by atomic mass is 16.2. The summed E-state index contributed by atoms with van der Waals surface area (Å²) in [6.07, 6.45) is 0. The molecule has 0 saturated heterocycles. The molecule has 0 aromatic carbocycles. The molecule has 112 valence electrons. The highest BCUT2D eigenvalue weighted by Crippen LogP contribution is 2.22. The Morgan fingerprint density at radius 3 is 1.95 bits per heavy atom. The van der Waals surface area contributed by atoms with Gasteiger partial charge in [-0.3, -0.25) is 14.5 Å². The van der Waals surface area contributed by atoms with Crippen LogP contribution >= 0.6 is 0 Å². The second-order valence-corrected chi connectivity index (χ2v) is 6.86. The lowest BCUT2D eigenvalue weighted by molar-refractivity contribution is -0.128. The number of nitrogens with zero attached hydrogens (tertiary/aromatic N) is 1. The van der Waals surface area contributed by atoms with Gasteiger partial charge in [-0.05, 0) is 32.2 Å². The molecule has 0 aliphatic heterocycles. The molecular formula is C15H30N2O2. The average Bonchev–Trinajstić information content (AvgIpc) is 2.22. The second-order valence-electron chi connectivity index (χ2n) is 6.86. The minimum Gasteiger partial charge on any atom is -0.345 e. The lowest BCUT2D eigenvalue weighted by atomic mass is 9.87. The Bertz CT molecular complexity index is 319. The summed E-state index contributed by atoms with van der Waals surface area (Å²) >= 11 is 0. The number of ketones is 1. The summed E-state index contributed by atoms with van der Waals surface area (Å²) in [4.78, 5) is 25.5. The predicted molar refractivity (Wildman–Crippen MR) is 79.0 cm³/mol. The van der Waals surface area contributed by atoms with E-state index >= 15 is 0 Å². The van der Waals surface area contributed by atoms with Gasteiger partial charge in [0.15, 0.2) is 5.78 Å². The lowest BCUT2D eigenvalue weighted by Crippen LogP contribution is -2.49. The summed E-state index contributed by atoms with van der Waals surface area (Å²) in [5.74, 6) is 0.0363. The van der Waals surface area contributed by atoms with Crippen molar-refractivity contribution in [1.82, 2.24) is 10.2 Å². The van der Waals surface area contributed by atoms with Crippen molar-refractivity contribution in [2.24, 2.45) is 11.3 Å². The van der Waals surface area contributed by atoms with Crippen LogP contribution in [0.1, 0.15) is 48.5 Å². The number of carbonyl (C=O) groups is 2.